The summed E-state index contributed by atoms with van der Waals surface area (Å²) in [5, 5.41) is 7.12. The molecule has 1 aromatic carbocycles. The number of carbonyl (C=O) groups excluding carboxylic acids is 1. The maximum Gasteiger partial charge on any atom is 0.264 e. The topological polar surface area (TPSA) is 49.0 Å². The molecule has 0 spiro atoms. The molecule has 4 nitrogen and oxygen atoms in total. The lowest BCUT2D eigenvalue weighted by Crippen LogP contribution is -2.25. The van der Waals surface area contributed by atoms with Gasteiger partial charge in [0.1, 0.15) is 5.82 Å². The molecule has 0 aliphatic carbocycles. The summed E-state index contributed by atoms with van der Waals surface area (Å²) in [6, 6.07) is 4.92. The minimum atomic E-state index is -0.280. The number of aryl methyl sites for hydroxylation is 1. The highest BCUT2D eigenvalue weighted by atomic mass is 32.1. The summed E-state index contributed by atoms with van der Waals surface area (Å²) in [5.74, 6) is -0.382. The van der Waals surface area contributed by atoms with E-state index in [-0.39, 0.29) is 11.7 Å². The molecule has 0 unspecified atom stereocenters. The van der Waals surface area contributed by atoms with Crippen molar-refractivity contribution in [2.75, 3.05) is 7.05 Å². The molecule has 0 radical (unpaired) electrons. The van der Waals surface area contributed by atoms with Gasteiger partial charge in [0.05, 0.1) is 11.1 Å². The van der Waals surface area contributed by atoms with Crippen molar-refractivity contribution in [2.24, 2.45) is 0 Å². The van der Waals surface area contributed by atoms with Gasteiger partial charge in [-0.05, 0) is 24.6 Å². The van der Waals surface area contributed by atoms with Crippen molar-refractivity contribution in [3.8, 4) is 0 Å². The Morgan fingerprint density at radius 3 is 2.95 bits per heavy atom. The van der Waals surface area contributed by atoms with Gasteiger partial charge in [-0.15, -0.1) is 11.3 Å². The second-order valence-electron chi connectivity index (χ2n) is 4.94. The zero-order valence-corrected chi connectivity index (χ0v) is 12.5. The number of hydrogen-bond donors (Lipinski definition) is 1. The van der Waals surface area contributed by atoms with Crippen LogP contribution in [0, 0.1) is 12.7 Å². The van der Waals surface area contributed by atoms with E-state index >= 15 is 0 Å². The molecule has 0 saturated heterocycles. The van der Waals surface area contributed by atoms with Crippen LogP contribution in [0.5, 0.6) is 0 Å². The molecule has 21 heavy (non-hydrogen) atoms. The van der Waals surface area contributed by atoms with Gasteiger partial charge in [0.2, 0.25) is 0 Å². The molecule has 0 aliphatic heterocycles. The highest BCUT2D eigenvalue weighted by Gasteiger charge is 2.20. The van der Waals surface area contributed by atoms with Gasteiger partial charge < -0.3 is 4.90 Å². The molecule has 1 amide bonds. The lowest BCUT2D eigenvalue weighted by Gasteiger charge is -2.15. The number of carbonyl (C=O) groups is 1. The van der Waals surface area contributed by atoms with Crippen LogP contribution in [-0.2, 0) is 6.54 Å². The first-order valence-electron chi connectivity index (χ1n) is 6.48. The number of fused-ring (bicyclic) bond motifs is 1. The molecule has 108 valence electrons. The van der Waals surface area contributed by atoms with E-state index in [2.05, 4.69) is 10.2 Å². The molecule has 0 atom stereocenters. The third-order valence-corrected chi connectivity index (χ3v) is 4.66. The average Bonchev–Trinajstić information content (AvgIpc) is 3.07. The van der Waals surface area contributed by atoms with Crippen molar-refractivity contribution in [3.63, 3.8) is 0 Å². The monoisotopic (exact) mass is 303 g/mol. The number of amides is 1. The minimum Gasteiger partial charge on any atom is -0.337 e. The summed E-state index contributed by atoms with van der Waals surface area (Å²) in [5.41, 5.74) is 1.63. The Labute approximate surface area is 125 Å². The van der Waals surface area contributed by atoms with Gasteiger partial charge in [0.15, 0.2) is 0 Å². The highest BCUT2D eigenvalue weighted by Crippen LogP contribution is 2.33. The van der Waals surface area contributed by atoms with Gasteiger partial charge in [-0.1, -0.05) is 6.07 Å². The van der Waals surface area contributed by atoms with Gasteiger partial charge in [0.25, 0.3) is 5.91 Å². The number of benzene rings is 1. The fourth-order valence-electron chi connectivity index (χ4n) is 2.34. The van der Waals surface area contributed by atoms with E-state index < -0.39 is 0 Å². The predicted molar refractivity (Wildman–Crippen MR) is 80.9 cm³/mol. The molecule has 1 N–H and O–H groups in total. The van der Waals surface area contributed by atoms with E-state index in [1.165, 1.54) is 17.4 Å². The van der Waals surface area contributed by atoms with E-state index in [1.807, 2.05) is 6.07 Å². The van der Waals surface area contributed by atoms with Gasteiger partial charge in [-0.25, -0.2) is 4.39 Å². The summed E-state index contributed by atoms with van der Waals surface area (Å²) < 4.78 is 14.7. The molecule has 0 bridgehead atoms. The molecule has 0 aliphatic rings. The second kappa shape index (κ2) is 5.29. The number of halogens is 1. The quantitative estimate of drug-likeness (QED) is 0.806. The summed E-state index contributed by atoms with van der Waals surface area (Å²) in [6.07, 6.45) is 3.43. The third-order valence-electron chi connectivity index (χ3n) is 3.42. The molecule has 0 saturated carbocycles. The van der Waals surface area contributed by atoms with E-state index in [4.69, 9.17) is 0 Å². The molecule has 3 rings (SSSR count). The number of H-pyrrole nitrogens is 1. The number of hydrogen-bond acceptors (Lipinski definition) is 3. The molecule has 2 aromatic heterocycles. The van der Waals surface area contributed by atoms with Crippen molar-refractivity contribution < 1.29 is 9.18 Å². The summed E-state index contributed by atoms with van der Waals surface area (Å²) in [4.78, 5) is 14.8. The largest absolute Gasteiger partial charge is 0.337 e. The molecular formula is C15H14FN3OS. The van der Waals surface area contributed by atoms with Crippen LogP contribution in [0.4, 0.5) is 4.39 Å². The fourth-order valence-corrected chi connectivity index (χ4v) is 3.56. The maximum absolute atomic E-state index is 13.9. The first-order valence-corrected chi connectivity index (χ1v) is 7.30. The lowest BCUT2D eigenvalue weighted by atomic mass is 10.1. The number of thiophene rings is 1. The Kier molecular flexibility index (Phi) is 3.47. The lowest BCUT2D eigenvalue weighted by molar-refractivity contribution is 0.0789. The van der Waals surface area contributed by atoms with E-state index in [0.29, 0.717) is 22.4 Å². The summed E-state index contributed by atoms with van der Waals surface area (Å²) >= 11 is 1.33. The van der Waals surface area contributed by atoms with Crippen molar-refractivity contribution in [3.05, 3.63) is 52.4 Å². The Bertz CT molecular complexity index is 795. The van der Waals surface area contributed by atoms with Crippen LogP contribution >= 0.6 is 11.3 Å². The Hall–Kier alpha value is -2.21. The van der Waals surface area contributed by atoms with Crippen LogP contribution in [0.15, 0.2) is 30.6 Å². The van der Waals surface area contributed by atoms with Crippen LogP contribution < -0.4 is 0 Å². The Morgan fingerprint density at radius 2 is 2.29 bits per heavy atom. The zero-order chi connectivity index (χ0) is 15.0. The van der Waals surface area contributed by atoms with Gasteiger partial charge >= 0.3 is 0 Å². The second-order valence-corrected chi connectivity index (χ2v) is 5.99. The summed E-state index contributed by atoms with van der Waals surface area (Å²) in [6.45, 7) is 2.26. The van der Waals surface area contributed by atoms with Crippen LogP contribution in [0.2, 0.25) is 0 Å². The molecule has 6 heteroatoms. The zero-order valence-electron chi connectivity index (χ0n) is 11.7. The molecule has 0 fully saturated rings. The van der Waals surface area contributed by atoms with Gasteiger partial charge in [-0.3, -0.25) is 9.89 Å². The fraction of sp³-hybridized carbons (Fsp3) is 0.200. The van der Waals surface area contributed by atoms with Gasteiger partial charge in [0, 0.05) is 35.4 Å². The number of aromatic nitrogens is 2. The van der Waals surface area contributed by atoms with Crippen molar-refractivity contribution in [1.29, 1.82) is 0 Å². The third kappa shape index (κ3) is 2.42. The number of nitrogens with one attached hydrogen (secondary N) is 1. The highest BCUT2D eigenvalue weighted by molar-refractivity contribution is 7.21. The van der Waals surface area contributed by atoms with Crippen LogP contribution in [0.1, 0.15) is 20.8 Å². The first kappa shape index (κ1) is 13.8. The van der Waals surface area contributed by atoms with Crippen LogP contribution in [-0.4, -0.2) is 28.1 Å². The minimum absolute atomic E-state index is 0.102. The summed E-state index contributed by atoms with van der Waals surface area (Å²) in [7, 11) is 1.73. The first-order chi connectivity index (χ1) is 10.1. The van der Waals surface area contributed by atoms with E-state index in [0.717, 1.165) is 10.3 Å². The standard InChI is InChI=1S/C15H14FN3OS/c1-9-13-11(16)4-3-5-12(13)21-14(9)15(20)19(2)8-10-6-17-18-7-10/h3-7H,8H2,1-2H3,(H,17,18). The van der Waals surface area contributed by atoms with Crippen LogP contribution in [0.25, 0.3) is 10.1 Å². The number of nitrogens with zero attached hydrogens (tertiary/aromatic N) is 2. The Balaban J connectivity index is 1.94. The smallest absolute Gasteiger partial charge is 0.264 e. The maximum atomic E-state index is 13.9. The molecular weight excluding hydrogens is 289 g/mol. The van der Waals surface area contributed by atoms with Crippen molar-refractivity contribution >= 4 is 27.3 Å². The SMILES string of the molecule is Cc1c(C(=O)N(C)Cc2cn[nH]c2)sc2cccc(F)c12. The average molecular weight is 303 g/mol. The van der Waals surface area contributed by atoms with E-state index in [1.54, 1.807) is 37.3 Å². The van der Waals surface area contributed by atoms with E-state index in [9.17, 15) is 9.18 Å². The normalized spacial score (nSPS) is 11.0. The molecule has 2 heterocycles. The number of aromatic amines is 1. The van der Waals surface area contributed by atoms with Crippen molar-refractivity contribution in [2.45, 2.75) is 13.5 Å². The Morgan fingerprint density at radius 1 is 1.48 bits per heavy atom. The van der Waals surface area contributed by atoms with Crippen LogP contribution in [0.3, 0.4) is 0 Å². The number of rotatable bonds is 3. The molecule has 3 aromatic rings. The van der Waals surface area contributed by atoms with Crippen molar-refractivity contribution in [1.82, 2.24) is 15.1 Å². The predicted octanol–water partition coefficient (Wildman–Crippen LogP) is 3.34. The van der Waals surface area contributed by atoms with Gasteiger partial charge in [-0.2, -0.15) is 5.10 Å².